The molecule has 0 saturated carbocycles. The molecule has 4 heteroatoms. The molecule has 0 radical (unpaired) electrons. The summed E-state index contributed by atoms with van der Waals surface area (Å²) >= 11 is -3.96. The van der Waals surface area contributed by atoms with Crippen molar-refractivity contribution in [3.63, 3.8) is 0 Å². The molecule has 0 aliphatic carbocycles. The van der Waals surface area contributed by atoms with Gasteiger partial charge in [0.15, 0.2) is 0 Å². The van der Waals surface area contributed by atoms with Crippen LogP contribution >= 0.6 is 0 Å². The minimum atomic E-state index is -2.06. The van der Waals surface area contributed by atoms with E-state index >= 15 is 0 Å². The molecular formula is C11H24O2Sn2. The average Bonchev–Trinajstić information content (AvgIpc) is 1.93. The molecule has 0 fully saturated rings. The first kappa shape index (κ1) is 15.8. The normalized spacial score (nSPS) is 13.9. The molecule has 0 unspecified atom stereocenters. The Morgan fingerprint density at radius 1 is 1.13 bits per heavy atom. The van der Waals surface area contributed by atoms with Crippen LogP contribution in [0.2, 0.25) is 29.6 Å². The molecule has 0 rings (SSSR count). The Bertz CT molecular complexity index is 257. The van der Waals surface area contributed by atoms with Crippen molar-refractivity contribution in [2.24, 2.45) is 0 Å². The van der Waals surface area contributed by atoms with Gasteiger partial charge in [-0.15, -0.1) is 0 Å². The monoisotopic (exact) mass is 428 g/mol. The summed E-state index contributed by atoms with van der Waals surface area (Å²) < 4.78 is 9.12. The van der Waals surface area contributed by atoms with E-state index in [4.69, 9.17) is 4.74 Å². The van der Waals surface area contributed by atoms with Gasteiger partial charge in [0.05, 0.1) is 0 Å². The molecular weight excluding hydrogens is 402 g/mol. The molecule has 0 heterocycles. The van der Waals surface area contributed by atoms with Crippen molar-refractivity contribution in [2.45, 2.75) is 36.6 Å². The van der Waals surface area contributed by atoms with E-state index in [1.807, 2.05) is 0 Å². The second-order valence-corrected chi connectivity index (χ2v) is 35.1. The van der Waals surface area contributed by atoms with E-state index in [-0.39, 0.29) is 5.97 Å². The number of esters is 1. The van der Waals surface area contributed by atoms with Crippen molar-refractivity contribution in [2.75, 3.05) is 6.61 Å². The van der Waals surface area contributed by atoms with Crippen molar-refractivity contribution in [1.29, 1.82) is 0 Å². The Hall–Kier alpha value is 0.807. The third kappa shape index (κ3) is 8.60. The fourth-order valence-corrected chi connectivity index (χ4v) is 23.7. The van der Waals surface area contributed by atoms with E-state index in [2.05, 4.69) is 33.7 Å². The van der Waals surface area contributed by atoms with E-state index in [0.29, 0.717) is 6.61 Å². The maximum atomic E-state index is 10.8. The Morgan fingerprint density at radius 3 is 1.87 bits per heavy atom. The molecule has 0 amide bonds. The van der Waals surface area contributed by atoms with Gasteiger partial charge in [0.25, 0.3) is 0 Å². The molecule has 0 aromatic rings. The molecule has 15 heavy (non-hydrogen) atoms. The molecule has 88 valence electrons. The van der Waals surface area contributed by atoms with Gasteiger partial charge in [-0.1, -0.05) is 0 Å². The minimum absolute atomic E-state index is 0.166. The van der Waals surface area contributed by atoms with Gasteiger partial charge in [0.1, 0.15) is 0 Å². The predicted molar refractivity (Wildman–Crippen MR) is 71.4 cm³/mol. The number of hydrogen-bond acceptors (Lipinski definition) is 2. The topological polar surface area (TPSA) is 26.3 Å². The predicted octanol–water partition coefficient (Wildman–Crippen LogP) is 3.23. The van der Waals surface area contributed by atoms with Gasteiger partial charge < -0.3 is 0 Å². The summed E-state index contributed by atoms with van der Waals surface area (Å²) in [6.45, 7) is 2.03. The van der Waals surface area contributed by atoms with Gasteiger partial charge in [-0.2, -0.15) is 0 Å². The molecule has 0 aliphatic rings. The van der Waals surface area contributed by atoms with Crippen molar-refractivity contribution < 1.29 is 9.53 Å². The van der Waals surface area contributed by atoms with E-state index in [0.717, 1.165) is 0 Å². The van der Waals surface area contributed by atoms with Crippen LogP contribution in [0.3, 0.4) is 0 Å². The second-order valence-electron chi connectivity index (χ2n) is 6.07. The zero-order valence-electron chi connectivity index (χ0n) is 11.1. The van der Waals surface area contributed by atoms with Crippen molar-refractivity contribution in [1.82, 2.24) is 0 Å². The first-order valence-electron chi connectivity index (χ1n) is 5.38. The van der Waals surface area contributed by atoms with Crippen LogP contribution in [0.5, 0.6) is 0 Å². The fraction of sp³-hybridized carbons (Fsp3) is 0.727. The number of ether oxygens (including phenoxy) is 1. The number of hydrogen-bond donors (Lipinski definition) is 0. The van der Waals surface area contributed by atoms with Crippen LogP contribution in [0.1, 0.15) is 6.92 Å². The summed E-state index contributed by atoms with van der Waals surface area (Å²) in [5, 5.41) is 0. The van der Waals surface area contributed by atoms with Crippen LogP contribution in [-0.4, -0.2) is 49.3 Å². The summed E-state index contributed by atoms with van der Waals surface area (Å²) in [6, 6.07) is 0. The molecule has 0 aromatic heterocycles. The molecule has 0 aliphatic heterocycles. The fourth-order valence-electron chi connectivity index (χ4n) is 1.18. The van der Waals surface area contributed by atoms with Gasteiger partial charge >= 0.3 is 103 Å². The van der Waals surface area contributed by atoms with Gasteiger partial charge in [0, 0.05) is 0 Å². The Kier molecular flexibility index (Phi) is 6.26. The number of carbonyl (C=O) groups excluding carboxylic acids is 1. The van der Waals surface area contributed by atoms with Crippen molar-refractivity contribution >= 4 is 42.7 Å². The van der Waals surface area contributed by atoms with Crippen molar-refractivity contribution in [3.8, 4) is 0 Å². The SMILES string of the molecule is CC(=O)OC/[C](=[CH]/[Sn]([CH3])([CH3])[CH3])[Sn]([CH3])([CH3])[CH3]. The summed E-state index contributed by atoms with van der Waals surface area (Å²) in [5.74, 6) is -0.166. The molecule has 2 nitrogen and oxygen atoms in total. The zero-order valence-corrected chi connectivity index (χ0v) is 16.8. The summed E-state index contributed by atoms with van der Waals surface area (Å²) in [6.07, 6.45) is 0. The maximum absolute atomic E-state index is 10.8. The van der Waals surface area contributed by atoms with Crippen molar-refractivity contribution in [3.05, 3.63) is 7.68 Å². The average molecular weight is 426 g/mol. The van der Waals surface area contributed by atoms with E-state index < -0.39 is 36.8 Å². The van der Waals surface area contributed by atoms with Gasteiger partial charge in [-0.05, 0) is 0 Å². The first-order valence-corrected chi connectivity index (χ1v) is 25.6. The first-order chi connectivity index (χ1) is 6.52. The zero-order chi connectivity index (χ0) is 12.3. The Labute approximate surface area is 102 Å². The standard InChI is InChI=1S/C5H6O2.6CH3.2Sn/c1-3-4-7-5(2)6;;;;;;;;/h1H,4H2,2H3;6*1H3;;. The van der Waals surface area contributed by atoms with Gasteiger partial charge in [0.2, 0.25) is 0 Å². The molecule has 0 aromatic carbocycles. The number of carbonyl (C=O) groups is 1. The molecule has 0 N–H and O–H groups in total. The van der Waals surface area contributed by atoms with Crippen LogP contribution in [-0.2, 0) is 9.53 Å². The van der Waals surface area contributed by atoms with E-state index in [1.165, 1.54) is 10.5 Å². The van der Waals surface area contributed by atoms with Gasteiger partial charge in [-0.3, -0.25) is 0 Å². The Morgan fingerprint density at radius 2 is 1.60 bits per heavy atom. The second kappa shape index (κ2) is 5.94. The van der Waals surface area contributed by atoms with Crippen LogP contribution in [0.15, 0.2) is 7.68 Å². The third-order valence-corrected chi connectivity index (χ3v) is 14.1. The quantitative estimate of drug-likeness (QED) is 0.511. The third-order valence-electron chi connectivity index (χ3n) is 2.00. The van der Waals surface area contributed by atoms with Gasteiger partial charge in [-0.25, -0.2) is 0 Å². The molecule has 0 atom stereocenters. The summed E-state index contributed by atoms with van der Waals surface area (Å²) in [5.41, 5.74) is 0. The number of rotatable bonds is 4. The summed E-state index contributed by atoms with van der Waals surface area (Å²) in [4.78, 5) is 25.1. The molecule has 0 saturated heterocycles. The molecule has 0 spiro atoms. The molecule has 0 bridgehead atoms. The van der Waals surface area contributed by atoms with Crippen LogP contribution in [0.4, 0.5) is 0 Å². The van der Waals surface area contributed by atoms with E-state index in [1.54, 1.807) is 0 Å². The van der Waals surface area contributed by atoms with E-state index in [9.17, 15) is 4.79 Å². The van der Waals surface area contributed by atoms with Crippen LogP contribution in [0.25, 0.3) is 0 Å². The Balaban J connectivity index is 4.76. The summed E-state index contributed by atoms with van der Waals surface area (Å²) in [7, 11) is 0. The van der Waals surface area contributed by atoms with Crippen LogP contribution < -0.4 is 0 Å². The van der Waals surface area contributed by atoms with Crippen LogP contribution in [0, 0.1) is 0 Å².